The third-order valence-corrected chi connectivity index (χ3v) is 11.3. The van der Waals surface area contributed by atoms with Crippen molar-refractivity contribution in [3.8, 4) is 0 Å². The van der Waals surface area contributed by atoms with Gasteiger partial charge in [0.1, 0.15) is 13.2 Å². The molecule has 0 aromatic rings. The normalized spacial score (nSPS) is 12.8. The van der Waals surface area contributed by atoms with Crippen molar-refractivity contribution in [3.05, 3.63) is 97.2 Å². The minimum atomic E-state index is -0.798. The summed E-state index contributed by atoms with van der Waals surface area (Å²) in [5, 5.41) is 0. The van der Waals surface area contributed by atoms with E-state index in [1.807, 2.05) is 0 Å². The highest BCUT2D eigenvalue weighted by molar-refractivity contribution is 5.71. The second-order valence-corrected chi connectivity index (χ2v) is 17.7. The molecule has 0 aliphatic carbocycles. The largest absolute Gasteiger partial charge is 0.462 e. The SMILES string of the molecule is CC/C=C\C/C=C\C/C=C\C/C=C\CCCCCCCCC(=O)OCC(COC(=O)CCCCCCC/C=C\C/C=C\CCCC)OC(=O)CCCCCCC/C=C\C/C=C\CCCCC. The lowest BCUT2D eigenvalue weighted by Crippen LogP contribution is -2.30. The molecule has 0 aliphatic rings. The van der Waals surface area contributed by atoms with Crippen LogP contribution < -0.4 is 0 Å². The molecule has 0 N–H and O–H groups in total. The molecule has 6 nitrogen and oxygen atoms in total. The Morgan fingerprint density at radius 2 is 0.606 bits per heavy atom. The first-order valence-electron chi connectivity index (χ1n) is 27.2. The number of carbonyl (C=O) groups excluding carboxylic acids is 3. The van der Waals surface area contributed by atoms with E-state index in [-0.39, 0.29) is 31.1 Å². The van der Waals surface area contributed by atoms with Gasteiger partial charge in [-0.1, -0.05) is 208 Å². The molecule has 0 aliphatic heterocycles. The van der Waals surface area contributed by atoms with E-state index in [0.717, 1.165) is 148 Å². The molecule has 66 heavy (non-hydrogen) atoms. The van der Waals surface area contributed by atoms with E-state index in [9.17, 15) is 14.4 Å². The van der Waals surface area contributed by atoms with Crippen LogP contribution in [0.15, 0.2) is 97.2 Å². The molecule has 1 unspecified atom stereocenters. The molecule has 0 saturated carbocycles. The van der Waals surface area contributed by atoms with Gasteiger partial charge in [0.15, 0.2) is 6.10 Å². The maximum absolute atomic E-state index is 12.8. The molecule has 376 valence electrons. The number of rotatable bonds is 48. The van der Waals surface area contributed by atoms with E-state index in [4.69, 9.17) is 14.2 Å². The molecular formula is C60H100O6. The minimum absolute atomic E-state index is 0.0962. The van der Waals surface area contributed by atoms with Crippen LogP contribution in [0.3, 0.4) is 0 Å². The smallest absolute Gasteiger partial charge is 0.306 e. The van der Waals surface area contributed by atoms with Gasteiger partial charge in [-0.15, -0.1) is 0 Å². The molecular weight excluding hydrogens is 817 g/mol. The zero-order valence-electron chi connectivity index (χ0n) is 42.9. The predicted octanol–water partition coefficient (Wildman–Crippen LogP) is 18.1. The maximum Gasteiger partial charge on any atom is 0.306 e. The maximum atomic E-state index is 12.8. The molecule has 0 fully saturated rings. The predicted molar refractivity (Wildman–Crippen MR) is 284 cm³/mol. The highest BCUT2D eigenvalue weighted by atomic mass is 16.6. The van der Waals surface area contributed by atoms with Crippen molar-refractivity contribution < 1.29 is 28.6 Å². The molecule has 0 aromatic heterocycles. The first-order valence-corrected chi connectivity index (χ1v) is 27.2. The number of hydrogen-bond donors (Lipinski definition) is 0. The molecule has 6 heteroatoms. The first kappa shape index (κ1) is 62.3. The van der Waals surface area contributed by atoms with E-state index in [0.29, 0.717) is 19.3 Å². The van der Waals surface area contributed by atoms with Gasteiger partial charge in [-0.3, -0.25) is 14.4 Å². The van der Waals surface area contributed by atoms with Crippen molar-refractivity contribution in [2.24, 2.45) is 0 Å². The fourth-order valence-electron chi connectivity index (χ4n) is 7.18. The van der Waals surface area contributed by atoms with Gasteiger partial charge < -0.3 is 14.2 Å². The summed E-state index contributed by atoms with van der Waals surface area (Å²) in [4.78, 5) is 38.1. The van der Waals surface area contributed by atoms with Crippen molar-refractivity contribution in [2.75, 3.05) is 13.2 Å². The second-order valence-electron chi connectivity index (χ2n) is 17.7. The lowest BCUT2D eigenvalue weighted by atomic mass is 10.1. The van der Waals surface area contributed by atoms with Crippen LogP contribution in [-0.4, -0.2) is 37.2 Å². The van der Waals surface area contributed by atoms with E-state index < -0.39 is 6.10 Å². The summed E-state index contributed by atoms with van der Waals surface area (Å²) >= 11 is 0. The lowest BCUT2D eigenvalue weighted by Gasteiger charge is -2.18. The topological polar surface area (TPSA) is 78.9 Å². The molecule has 0 aromatic carbocycles. The van der Waals surface area contributed by atoms with Gasteiger partial charge in [0.25, 0.3) is 0 Å². The van der Waals surface area contributed by atoms with Gasteiger partial charge in [-0.2, -0.15) is 0 Å². The molecule has 0 saturated heterocycles. The Hall–Kier alpha value is -3.67. The Labute approximate surface area is 407 Å². The molecule has 0 heterocycles. The number of allylic oxidation sites excluding steroid dienone is 16. The van der Waals surface area contributed by atoms with Gasteiger partial charge >= 0.3 is 17.9 Å². The van der Waals surface area contributed by atoms with Gasteiger partial charge in [0.05, 0.1) is 0 Å². The van der Waals surface area contributed by atoms with Crippen LogP contribution in [0.25, 0.3) is 0 Å². The van der Waals surface area contributed by atoms with Crippen LogP contribution in [-0.2, 0) is 28.6 Å². The summed E-state index contributed by atoms with van der Waals surface area (Å²) in [6.07, 6.45) is 71.0. The molecule has 0 bridgehead atoms. The molecule has 0 spiro atoms. The van der Waals surface area contributed by atoms with Crippen molar-refractivity contribution >= 4 is 17.9 Å². The first-order chi connectivity index (χ1) is 32.5. The summed E-state index contributed by atoms with van der Waals surface area (Å²) in [6, 6.07) is 0. The molecule has 0 rings (SSSR count). The van der Waals surface area contributed by atoms with Gasteiger partial charge in [0.2, 0.25) is 0 Å². The zero-order valence-corrected chi connectivity index (χ0v) is 42.9. The highest BCUT2D eigenvalue weighted by Gasteiger charge is 2.19. The summed E-state index contributed by atoms with van der Waals surface area (Å²) in [5.41, 5.74) is 0. The third kappa shape index (κ3) is 51.3. The summed E-state index contributed by atoms with van der Waals surface area (Å²) in [5.74, 6) is -0.937. The molecule has 1 atom stereocenters. The van der Waals surface area contributed by atoms with Crippen LogP contribution in [0.4, 0.5) is 0 Å². The molecule has 0 radical (unpaired) electrons. The number of unbranched alkanes of at least 4 members (excludes halogenated alkanes) is 21. The van der Waals surface area contributed by atoms with E-state index in [2.05, 4.69) is 118 Å². The van der Waals surface area contributed by atoms with Gasteiger partial charge in [0, 0.05) is 19.3 Å². The van der Waals surface area contributed by atoms with E-state index in [1.165, 1.54) is 57.8 Å². The van der Waals surface area contributed by atoms with Crippen molar-refractivity contribution in [2.45, 2.75) is 252 Å². The van der Waals surface area contributed by atoms with Gasteiger partial charge in [-0.25, -0.2) is 0 Å². The Balaban J connectivity index is 4.45. The Morgan fingerprint density at radius 3 is 0.970 bits per heavy atom. The van der Waals surface area contributed by atoms with Crippen LogP contribution in [0.2, 0.25) is 0 Å². The van der Waals surface area contributed by atoms with Gasteiger partial charge in [-0.05, 0) is 116 Å². The Kier molecular flexibility index (Phi) is 50.9. The number of ether oxygens (including phenoxy) is 3. The molecule has 0 amide bonds. The van der Waals surface area contributed by atoms with E-state index in [1.54, 1.807) is 0 Å². The van der Waals surface area contributed by atoms with Crippen molar-refractivity contribution in [1.82, 2.24) is 0 Å². The monoisotopic (exact) mass is 917 g/mol. The van der Waals surface area contributed by atoms with Crippen molar-refractivity contribution in [3.63, 3.8) is 0 Å². The number of esters is 3. The standard InChI is InChI=1S/C60H100O6/c1-4-7-10-13-16-19-22-25-28-29-30-31-33-35-38-41-44-47-50-53-59(62)65-56-57(55-64-58(61)52-49-46-43-40-37-34-27-24-21-18-15-12-9-6-3)66-60(63)54-51-48-45-42-39-36-32-26-23-20-17-14-11-8-5-2/h7,10,15-20,24-28,30-32,57H,4-6,8-9,11-14,21-23,29,33-56H2,1-3H3/b10-7-,18-15-,19-16-,20-17-,27-24-,28-25-,31-30-,32-26-. The zero-order chi connectivity index (χ0) is 47.9. The summed E-state index contributed by atoms with van der Waals surface area (Å²) in [6.45, 7) is 6.42. The lowest BCUT2D eigenvalue weighted by molar-refractivity contribution is -0.167. The van der Waals surface area contributed by atoms with Crippen LogP contribution >= 0.6 is 0 Å². The summed E-state index contributed by atoms with van der Waals surface area (Å²) < 4.78 is 16.8. The third-order valence-electron chi connectivity index (χ3n) is 11.3. The van der Waals surface area contributed by atoms with Crippen molar-refractivity contribution in [1.29, 1.82) is 0 Å². The van der Waals surface area contributed by atoms with Crippen LogP contribution in [0.1, 0.15) is 245 Å². The Bertz CT molecular complexity index is 1330. The fraction of sp³-hybridized carbons (Fsp3) is 0.683. The fourth-order valence-corrected chi connectivity index (χ4v) is 7.18. The van der Waals surface area contributed by atoms with Crippen LogP contribution in [0.5, 0.6) is 0 Å². The summed E-state index contributed by atoms with van der Waals surface area (Å²) in [7, 11) is 0. The Morgan fingerprint density at radius 1 is 0.318 bits per heavy atom. The average Bonchev–Trinajstić information content (AvgIpc) is 3.31. The van der Waals surface area contributed by atoms with Crippen LogP contribution in [0, 0.1) is 0 Å². The minimum Gasteiger partial charge on any atom is -0.462 e. The number of hydrogen-bond acceptors (Lipinski definition) is 6. The van der Waals surface area contributed by atoms with E-state index >= 15 is 0 Å². The quantitative estimate of drug-likeness (QED) is 0.0262. The second kappa shape index (κ2) is 53.9. The average molecular weight is 917 g/mol. The number of carbonyl (C=O) groups is 3. The highest BCUT2D eigenvalue weighted by Crippen LogP contribution is 2.13.